The Hall–Kier alpha value is -2.85. The fourth-order valence-corrected chi connectivity index (χ4v) is 6.07. The van der Waals surface area contributed by atoms with E-state index in [1.165, 1.54) is 25.6 Å². The molecule has 10 heteroatoms. The summed E-state index contributed by atoms with van der Waals surface area (Å²) in [5, 5.41) is 13.4. The second-order valence-electron chi connectivity index (χ2n) is 9.12. The average molecular weight is 475 g/mol. The second-order valence-corrected chi connectivity index (χ2v) is 12.3. The molecule has 4 rings (SSSR count). The molecule has 2 aromatic heterocycles. The molecule has 2 N–H and O–H groups in total. The van der Waals surface area contributed by atoms with Crippen molar-refractivity contribution in [3.8, 4) is 17.3 Å². The van der Waals surface area contributed by atoms with E-state index in [1.54, 1.807) is 6.07 Å². The van der Waals surface area contributed by atoms with Gasteiger partial charge in [-0.2, -0.15) is 18.4 Å². The smallest absolute Gasteiger partial charge is 0.360 e. The Bertz CT molecular complexity index is 1290. The van der Waals surface area contributed by atoms with Gasteiger partial charge in [-0.3, -0.25) is 0 Å². The van der Waals surface area contributed by atoms with Crippen LogP contribution in [0, 0.1) is 17.2 Å². The molecule has 6 nitrogen and oxygen atoms in total. The predicted octanol–water partition coefficient (Wildman–Crippen LogP) is 5.75. The third-order valence-electron chi connectivity index (χ3n) is 6.11. The lowest BCUT2D eigenvalue weighted by Crippen LogP contribution is -2.27. The molecule has 2 heterocycles. The Balaban J connectivity index is 1.87. The monoisotopic (exact) mass is 475 g/mol. The van der Waals surface area contributed by atoms with E-state index in [-0.39, 0.29) is 28.8 Å². The summed E-state index contributed by atoms with van der Waals surface area (Å²) in [5.41, 5.74) is -0.365. The number of halogens is 3. The molecule has 0 radical (unpaired) electrons. The second kappa shape index (κ2) is 8.49. The minimum atomic E-state index is -4.66. The lowest BCUT2D eigenvalue weighted by molar-refractivity contribution is -0.137. The summed E-state index contributed by atoms with van der Waals surface area (Å²) in [5.74, 6) is 0.683. The summed E-state index contributed by atoms with van der Waals surface area (Å²) in [6.07, 6.45) is 1.59. The summed E-state index contributed by atoms with van der Waals surface area (Å²) in [7, 11) is -2.90. The van der Waals surface area contributed by atoms with Gasteiger partial charge < -0.3 is 14.9 Å². The highest BCUT2D eigenvalue weighted by molar-refractivity contribution is 7.70. The van der Waals surface area contributed by atoms with E-state index in [1.807, 2.05) is 6.07 Å². The topological polar surface area (TPSA) is 94.5 Å². The quantitative estimate of drug-likeness (QED) is 0.469. The number of nitrogens with one attached hydrogen (secondary N) is 2. The van der Waals surface area contributed by atoms with Gasteiger partial charge in [0.25, 0.3) is 0 Å². The Morgan fingerprint density at radius 1 is 1.27 bits per heavy atom. The molecule has 1 saturated carbocycles. The molecule has 3 aromatic rings. The van der Waals surface area contributed by atoms with Crippen molar-refractivity contribution in [1.29, 1.82) is 5.26 Å². The van der Waals surface area contributed by atoms with Crippen molar-refractivity contribution in [1.82, 2.24) is 15.0 Å². The van der Waals surface area contributed by atoms with E-state index in [9.17, 15) is 23.0 Å². The number of H-pyrrole nitrogens is 1. The van der Waals surface area contributed by atoms with Crippen molar-refractivity contribution in [3.05, 3.63) is 35.7 Å². The lowest BCUT2D eigenvalue weighted by Gasteiger charge is -2.27. The summed E-state index contributed by atoms with van der Waals surface area (Å²) in [4.78, 5) is 11.2. The SMILES string of the molecule is C[C@@H]1CCC[C@H](Nc2ncc(C(F)(F)F)c(-c3c[nH]c4c(P(C)(C)=O)c(C#N)ccc34)n2)C1. The molecule has 33 heavy (non-hydrogen) atoms. The van der Waals surface area contributed by atoms with E-state index in [2.05, 4.69) is 27.2 Å². The van der Waals surface area contributed by atoms with Crippen LogP contribution in [0.4, 0.5) is 19.1 Å². The molecule has 2 atom stereocenters. The molecule has 174 valence electrons. The van der Waals surface area contributed by atoms with Crippen LogP contribution in [-0.2, 0) is 10.7 Å². The zero-order valence-corrected chi connectivity index (χ0v) is 19.5. The van der Waals surface area contributed by atoms with E-state index < -0.39 is 18.9 Å². The molecule has 0 bridgehead atoms. The first-order valence-electron chi connectivity index (χ1n) is 10.8. The number of alkyl halides is 3. The van der Waals surface area contributed by atoms with Crippen LogP contribution in [0.15, 0.2) is 24.5 Å². The number of nitriles is 1. The lowest BCUT2D eigenvalue weighted by atomic mass is 9.87. The normalized spacial score (nSPS) is 19.4. The van der Waals surface area contributed by atoms with Gasteiger partial charge in [-0.1, -0.05) is 25.8 Å². The number of aromatic nitrogens is 3. The maximum atomic E-state index is 13.9. The summed E-state index contributed by atoms with van der Waals surface area (Å²) >= 11 is 0. The van der Waals surface area contributed by atoms with Crippen molar-refractivity contribution < 1.29 is 17.7 Å². The molecule has 1 aliphatic rings. The van der Waals surface area contributed by atoms with Crippen LogP contribution in [0.25, 0.3) is 22.2 Å². The van der Waals surface area contributed by atoms with E-state index in [0.29, 0.717) is 22.1 Å². The van der Waals surface area contributed by atoms with Crippen molar-refractivity contribution in [2.24, 2.45) is 5.92 Å². The molecule has 1 aliphatic carbocycles. The van der Waals surface area contributed by atoms with Gasteiger partial charge in [-0.05, 0) is 38.2 Å². The highest BCUT2D eigenvalue weighted by atomic mass is 31.2. The highest BCUT2D eigenvalue weighted by Crippen LogP contribution is 2.43. The molecule has 0 amide bonds. The molecule has 1 aromatic carbocycles. The standard InChI is InChI=1S/C23H25F3N5OP/c1-13-5-4-6-15(9-13)30-22-29-12-18(23(24,25)26)19(31-22)17-11-28-20-16(17)8-7-14(10-27)21(20)33(2,3)32/h7-8,11-13,15,28H,4-6,9H2,1-3H3,(H,29,30,31)/t13-,15+/m1/s1. The maximum absolute atomic E-state index is 13.9. The molecular formula is C23H25F3N5OP. The van der Waals surface area contributed by atoms with Crippen LogP contribution < -0.4 is 10.6 Å². The van der Waals surface area contributed by atoms with Crippen LogP contribution in [0.3, 0.4) is 0 Å². The zero-order valence-electron chi connectivity index (χ0n) is 18.6. The molecule has 0 aliphatic heterocycles. The Kier molecular flexibility index (Phi) is 6.00. The van der Waals surface area contributed by atoms with Crippen molar-refractivity contribution in [2.75, 3.05) is 18.6 Å². The Labute approximate surface area is 190 Å². The molecular weight excluding hydrogens is 450 g/mol. The van der Waals surface area contributed by atoms with E-state index in [0.717, 1.165) is 31.9 Å². The minimum Gasteiger partial charge on any atom is -0.360 e. The predicted molar refractivity (Wildman–Crippen MR) is 123 cm³/mol. The largest absolute Gasteiger partial charge is 0.419 e. The van der Waals surface area contributed by atoms with Gasteiger partial charge in [-0.25, -0.2) is 9.97 Å². The van der Waals surface area contributed by atoms with Crippen LogP contribution >= 0.6 is 7.14 Å². The maximum Gasteiger partial charge on any atom is 0.419 e. The first-order valence-corrected chi connectivity index (χ1v) is 13.4. The third kappa shape index (κ3) is 4.63. The van der Waals surface area contributed by atoms with Gasteiger partial charge in [0.1, 0.15) is 12.7 Å². The summed E-state index contributed by atoms with van der Waals surface area (Å²) < 4.78 is 54.5. The molecule has 0 unspecified atom stereocenters. The molecule has 0 saturated heterocycles. The van der Waals surface area contributed by atoms with Crippen LogP contribution in [0.1, 0.15) is 43.7 Å². The number of nitrogens with zero attached hydrogens (tertiary/aromatic N) is 3. The fraction of sp³-hybridized carbons (Fsp3) is 0.435. The van der Waals surface area contributed by atoms with Gasteiger partial charge in [0.2, 0.25) is 5.95 Å². The number of hydrogen-bond donors (Lipinski definition) is 2. The summed E-state index contributed by atoms with van der Waals surface area (Å²) in [6.45, 7) is 5.22. The van der Waals surface area contributed by atoms with Crippen molar-refractivity contribution in [2.45, 2.75) is 44.8 Å². The molecule has 1 fully saturated rings. The van der Waals surface area contributed by atoms with Gasteiger partial charge in [-0.15, -0.1) is 0 Å². The van der Waals surface area contributed by atoms with Crippen molar-refractivity contribution in [3.63, 3.8) is 0 Å². The third-order valence-corrected chi connectivity index (χ3v) is 7.65. The summed E-state index contributed by atoms with van der Waals surface area (Å²) in [6, 6.07) is 5.20. The van der Waals surface area contributed by atoms with Crippen molar-refractivity contribution >= 4 is 29.3 Å². The first-order chi connectivity index (χ1) is 15.5. The molecule has 0 spiro atoms. The van der Waals surface area contributed by atoms with E-state index >= 15 is 0 Å². The number of hydrogen-bond acceptors (Lipinski definition) is 5. The first kappa shape index (κ1) is 23.3. The van der Waals surface area contributed by atoms with Gasteiger partial charge in [0.15, 0.2) is 0 Å². The van der Waals surface area contributed by atoms with Gasteiger partial charge in [0.05, 0.1) is 28.1 Å². The zero-order chi connectivity index (χ0) is 24.0. The Morgan fingerprint density at radius 3 is 2.67 bits per heavy atom. The highest BCUT2D eigenvalue weighted by Gasteiger charge is 2.36. The van der Waals surface area contributed by atoms with Gasteiger partial charge >= 0.3 is 6.18 Å². The van der Waals surface area contributed by atoms with Crippen LogP contribution in [0.2, 0.25) is 0 Å². The average Bonchev–Trinajstić information content (AvgIpc) is 3.15. The van der Waals surface area contributed by atoms with Crippen LogP contribution in [0.5, 0.6) is 0 Å². The minimum absolute atomic E-state index is 0.108. The van der Waals surface area contributed by atoms with Crippen LogP contribution in [-0.4, -0.2) is 34.3 Å². The number of anilines is 1. The number of benzene rings is 1. The number of rotatable bonds is 4. The Morgan fingerprint density at radius 2 is 2.03 bits per heavy atom. The van der Waals surface area contributed by atoms with E-state index in [4.69, 9.17) is 0 Å². The number of fused-ring (bicyclic) bond motifs is 1. The fourth-order valence-electron chi connectivity index (χ4n) is 4.64. The number of aromatic amines is 1. The van der Waals surface area contributed by atoms with Gasteiger partial charge in [0, 0.05) is 29.4 Å².